The number of amides is 1. The van der Waals surface area contributed by atoms with E-state index in [-0.39, 0.29) is 23.5 Å². The minimum Gasteiger partial charge on any atom is -0.435 e. The summed E-state index contributed by atoms with van der Waals surface area (Å²) in [5.74, 6) is 0.0820. The average Bonchev–Trinajstić information content (AvgIpc) is 2.40. The summed E-state index contributed by atoms with van der Waals surface area (Å²) in [6.45, 7) is 1.90. The van der Waals surface area contributed by atoms with Gasteiger partial charge in [0.2, 0.25) is 5.91 Å². The number of carbonyl (C=O) groups is 1. The third-order valence-electron chi connectivity index (χ3n) is 3.26. The molecule has 0 spiro atoms. The van der Waals surface area contributed by atoms with Crippen LogP contribution in [0.15, 0.2) is 24.3 Å². The van der Waals surface area contributed by atoms with Crippen LogP contribution in [-0.4, -0.2) is 25.6 Å². The van der Waals surface area contributed by atoms with E-state index in [0.29, 0.717) is 19.5 Å². The molecule has 21 heavy (non-hydrogen) atoms. The van der Waals surface area contributed by atoms with Gasteiger partial charge in [-0.1, -0.05) is 26.0 Å². The van der Waals surface area contributed by atoms with Crippen molar-refractivity contribution in [3.8, 4) is 5.75 Å². The number of nitrogens with one attached hydrogen (secondary N) is 1. The summed E-state index contributed by atoms with van der Waals surface area (Å²) in [5, 5.41) is 2.84. The highest BCUT2D eigenvalue weighted by Gasteiger charge is 2.19. The van der Waals surface area contributed by atoms with Crippen LogP contribution in [0, 0.1) is 11.8 Å². The minimum absolute atomic E-state index is 0.0508. The van der Waals surface area contributed by atoms with Gasteiger partial charge in [0.25, 0.3) is 0 Å². The van der Waals surface area contributed by atoms with Gasteiger partial charge in [0.05, 0.1) is 5.92 Å². The van der Waals surface area contributed by atoms with Gasteiger partial charge in [-0.05, 0) is 30.0 Å². The molecule has 118 valence electrons. The first-order chi connectivity index (χ1) is 9.93. The maximum absolute atomic E-state index is 12.0. The Labute approximate surface area is 123 Å². The Kier molecular flexibility index (Phi) is 7.08. The zero-order chi connectivity index (χ0) is 15.8. The summed E-state index contributed by atoms with van der Waals surface area (Å²) in [6.07, 6.45) is 0.621. The summed E-state index contributed by atoms with van der Waals surface area (Å²) < 4.78 is 28.3. The first-order valence-electron chi connectivity index (χ1n) is 6.95. The average molecular weight is 300 g/mol. The third kappa shape index (κ3) is 6.08. The van der Waals surface area contributed by atoms with Gasteiger partial charge < -0.3 is 15.8 Å². The van der Waals surface area contributed by atoms with Crippen molar-refractivity contribution in [1.29, 1.82) is 0 Å². The van der Waals surface area contributed by atoms with E-state index in [1.54, 1.807) is 12.1 Å². The van der Waals surface area contributed by atoms with Gasteiger partial charge in [0, 0.05) is 13.1 Å². The predicted octanol–water partition coefficient (Wildman–Crippen LogP) is 2.18. The van der Waals surface area contributed by atoms with E-state index in [0.717, 1.165) is 5.56 Å². The molecular weight excluding hydrogens is 278 g/mol. The van der Waals surface area contributed by atoms with E-state index < -0.39 is 6.61 Å². The molecule has 0 fully saturated rings. The number of alkyl halides is 2. The molecule has 0 heterocycles. The number of nitrogens with two attached hydrogens (primary N) is 1. The Morgan fingerprint density at radius 1 is 1.29 bits per heavy atom. The molecule has 0 aromatic heterocycles. The van der Waals surface area contributed by atoms with E-state index in [1.165, 1.54) is 12.1 Å². The highest BCUT2D eigenvalue weighted by Crippen LogP contribution is 2.15. The fourth-order valence-corrected chi connectivity index (χ4v) is 1.98. The van der Waals surface area contributed by atoms with Gasteiger partial charge in [0.1, 0.15) is 5.75 Å². The summed E-state index contributed by atoms with van der Waals surface area (Å²) >= 11 is 0. The molecule has 0 saturated heterocycles. The number of hydrogen-bond acceptors (Lipinski definition) is 3. The Balaban J connectivity index is 2.40. The van der Waals surface area contributed by atoms with Gasteiger partial charge in [-0.3, -0.25) is 4.79 Å². The summed E-state index contributed by atoms with van der Waals surface area (Å²) in [5.41, 5.74) is 6.51. The Bertz CT molecular complexity index is 436. The molecule has 1 unspecified atom stereocenters. The first-order valence-corrected chi connectivity index (χ1v) is 6.95. The van der Waals surface area contributed by atoms with E-state index in [4.69, 9.17) is 5.73 Å². The van der Waals surface area contributed by atoms with Gasteiger partial charge in [-0.25, -0.2) is 0 Å². The van der Waals surface area contributed by atoms with Gasteiger partial charge in [-0.2, -0.15) is 8.78 Å². The van der Waals surface area contributed by atoms with Crippen molar-refractivity contribution in [1.82, 2.24) is 5.32 Å². The van der Waals surface area contributed by atoms with Crippen LogP contribution < -0.4 is 15.8 Å². The number of carbonyl (C=O) groups excluding carboxylic acids is 1. The lowest BCUT2D eigenvalue weighted by molar-refractivity contribution is -0.125. The van der Waals surface area contributed by atoms with Crippen molar-refractivity contribution in [2.75, 3.05) is 13.1 Å². The summed E-state index contributed by atoms with van der Waals surface area (Å²) in [6, 6.07) is 6.37. The molecule has 1 amide bonds. The Hall–Kier alpha value is -1.69. The van der Waals surface area contributed by atoms with E-state index in [1.807, 2.05) is 13.8 Å². The van der Waals surface area contributed by atoms with Crippen molar-refractivity contribution in [3.63, 3.8) is 0 Å². The lowest BCUT2D eigenvalue weighted by atomic mass is 9.95. The van der Waals surface area contributed by atoms with Crippen LogP contribution in [0.4, 0.5) is 8.78 Å². The largest absolute Gasteiger partial charge is 0.435 e. The fraction of sp³-hybridized carbons (Fsp3) is 0.533. The van der Waals surface area contributed by atoms with Gasteiger partial charge in [0.15, 0.2) is 0 Å². The number of rotatable bonds is 8. The lowest BCUT2D eigenvalue weighted by Crippen LogP contribution is -2.38. The molecule has 3 N–H and O–H groups in total. The topological polar surface area (TPSA) is 64.4 Å². The Morgan fingerprint density at radius 3 is 2.38 bits per heavy atom. The minimum atomic E-state index is -2.82. The maximum Gasteiger partial charge on any atom is 0.387 e. The van der Waals surface area contributed by atoms with Crippen molar-refractivity contribution >= 4 is 5.91 Å². The molecule has 1 rings (SSSR count). The standard InChI is InChI=1S/C15H22F2N2O2/c1-10(2)13(9-18)14(20)19-8-7-11-3-5-12(6-4-11)21-15(16)17/h3-6,10,13,15H,7-9,18H2,1-2H3,(H,19,20). The number of hydrogen-bond donors (Lipinski definition) is 2. The number of halogens is 2. The van der Waals surface area contributed by atoms with Crippen molar-refractivity contribution in [3.05, 3.63) is 29.8 Å². The normalized spacial score (nSPS) is 12.5. The van der Waals surface area contributed by atoms with Crippen LogP contribution >= 0.6 is 0 Å². The third-order valence-corrected chi connectivity index (χ3v) is 3.26. The molecule has 6 heteroatoms. The van der Waals surface area contributed by atoms with Crippen LogP contribution in [0.5, 0.6) is 5.75 Å². The molecule has 0 aliphatic rings. The first kappa shape index (κ1) is 17.4. The number of ether oxygens (including phenoxy) is 1. The molecular formula is C15H22F2N2O2. The highest BCUT2D eigenvalue weighted by molar-refractivity contribution is 5.79. The highest BCUT2D eigenvalue weighted by atomic mass is 19.3. The molecule has 1 aromatic carbocycles. The molecule has 1 atom stereocenters. The molecule has 4 nitrogen and oxygen atoms in total. The van der Waals surface area contributed by atoms with Crippen LogP contribution in [0.1, 0.15) is 19.4 Å². The van der Waals surface area contributed by atoms with E-state index in [2.05, 4.69) is 10.1 Å². The maximum atomic E-state index is 12.0. The molecule has 1 aromatic rings. The molecule has 0 aliphatic carbocycles. The van der Waals surface area contributed by atoms with Crippen LogP contribution in [-0.2, 0) is 11.2 Å². The second-order valence-corrected chi connectivity index (χ2v) is 5.15. The van der Waals surface area contributed by atoms with Crippen molar-refractivity contribution in [2.45, 2.75) is 26.9 Å². The fourth-order valence-electron chi connectivity index (χ4n) is 1.98. The molecule has 0 aliphatic heterocycles. The van der Waals surface area contributed by atoms with E-state index >= 15 is 0 Å². The van der Waals surface area contributed by atoms with Gasteiger partial charge >= 0.3 is 6.61 Å². The molecule has 0 saturated carbocycles. The predicted molar refractivity (Wildman–Crippen MR) is 77.2 cm³/mol. The second-order valence-electron chi connectivity index (χ2n) is 5.15. The zero-order valence-corrected chi connectivity index (χ0v) is 12.3. The van der Waals surface area contributed by atoms with E-state index in [9.17, 15) is 13.6 Å². The molecule has 0 radical (unpaired) electrons. The zero-order valence-electron chi connectivity index (χ0n) is 12.3. The monoisotopic (exact) mass is 300 g/mol. The van der Waals surface area contributed by atoms with Crippen LogP contribution in [0.2, 0.25) is 0 Å². The van der Waals surface area contributed by atoms with Gasteiger partial charge in [-0.15, -0.1) is 0 Å². The quantitative estimate of drug-likeness (QED) is 0.773. The smallest absolute Gasteiger partial charge is 0.387 e. The number of benzene rings is 1. The SMILES string of the molecule is CC(C)C(CN)C(=O)NCCc1ccc(OC(F)F)cc1. The van der Waals surface area contributed by atoms with Crippen molar-refractivity contribution in [2.24, 2.45) is 17.6 Å². The Morgan fingerprint density at radius 2 is 1.90 bits per heavy atom. The second kappa shape index (κ2) is 8.56. The summed E-state index contributed by atoms with van der Waals surface area (Å²) in [7, 11) is 0. The van der Waals surface area contributed by atoms with Crippen LogP contribution in [0.25, 0.3) is 0 Å². The molecule has 0 bridgehead atoms. The van der Waals surface area contributed by atoms with Crippen LogP contribution in [0.3, 0.4) is 0 Å². The van der Waals surface area contributed by atoms with Crippen molar-refractivity contribution < 1.29 is 18.3 Å². The summed E-state index contributed by atoms with van der Waals surface area (Å²) in [4.78, 5) is 11.9. The lowest BCUT2D eigenvalue weighted by Gasteiger charge is -2.18.